The summed E-state index contributed by atoms with van der Waals surface area (Å²) in [4.78, 5) is 39.5. The highest BCUT2D eigenvalue weighted by Crippen LogP contribution is 2.30. The minimum atomic E-state index is 0.0109. The summed E-state index contributed by atoms with van der Waals surface area (Å²) in [7, 11) is 0. The lowest BCUT2D eigenvalue weighted by Crippen LogP contribution is -2.57. The van der Waals surface area contributed by atoms with Gasteiger partial charge in [0.15, 0.2) is 0 Å². The number of carbonyl (C=O) groups is 2. The SMILES string of the molecule is O=C1CCN(C(=O)C2CCN(c3cnccn3)CC2)C2CCCN12. The summed E-state index contributed by atoms with van der Waals surface area (Å²) in [5, 5.41) is 0. The topological polar surface area (TPSA) is 69.6 Å². The van der Waals surface area contributed by atoms with E-state index < -0.39 is 0 Å². The average molecular weight is 329 g/mol. The fraction of sp³-hybridized carbons (Fsp3) is 0.647. The lowest BCUT2D eigenvalue weighted by Gasteiger charge is -2.42. The van der Waals surface area contributed by atoms with E-state index in [1.165, 1.54) is 0 Å². The summed E-state index contributed by atoms with van der Waals surface area (Å²) in [6.45, 7) is 3.05. The molecule has 1 unspecified atom stereocenters. The molecule has 1 aromatic heterocycles. The van der Waals surface area contributed by atoms with Crippen molar-refractivity contribution < 1.29 is 9.59 Å². The number of amides is 2. The van der Waals surface area contributed by atoms with Crippen LogP contribution in [-0.4, -0.2) is 63.9 Å². The van der Waals surface area contributed by atoms with Gasteiger partial charge in [-0.05, 0) is 25.7 Å². The van der Waals surface area contributed by atoms with Crippen molar-refractivity contribution in [3.63, 3.8) is 0 Å². The third-order valence-corrected chi connectivity index (χ3v) is 5.47. The predicted molar refractivity (Wildman–Crippen MR) is 88.0 cm³/mol. The second-order valence-corrected chi connectivity index (χ2v) is 6.82. The van der Waals surface area contributed by atoms with Crippen LogP contribution in [0.25, 0.3) is 0 Å². The molecule has 4 heterocycles. The molecule has 1 aromatic rings. The molecule has 1 atom stereocenters. The Hall–Kier alpha value is -2.18. The quantitative estimate of drug-likeness (QED) is 0.805. The molecular weight excluding hydrogens is 306 g/mol. The van der Waals surface area contributed by atoms with Gasteiger partial charge in [0.1, 0.15) is 12.0 Å². The predicted octanol–water partition coefficient (Wildman–Crippen LogP) is 0.874. The summed E-state index contributed by atoms with van der Waals surface area (Å²) >= 11 is 0. The van der Waals surface area contributed by atoms with Crippen molar-refractivity contribution in [2.75, 3.05) is 31.1 Å². The van der Waals surface area contributed by atoms with E-state index in [1.54, 1.807) is 18.6 Å². The summed E-state index contributed by atoms with van der Waals surface area (Å²) in [6, 6.07) is 0. The van der Waals surface area contributed by atoms with Crippen LogP contribution in [0, 0.1) is 5.92 Å². The fourth-order valence-corrected chi connectivity index (χ4v) is 4.17. The molecule has 0 aliphatic carbocycles. The molecule has 3 aliphatic heterocycles. The minimum Gasteiger partial charge on any atom is -0.355 e. The van der Waals surface area contributed by atoms with Crippen molar-refractivity contribution in [3.8, 4) is 0 Å². The zero-order chi connectivity index (χ0) is 16.5. The Bertz CT molecular complexity index is 615. The molecule has 2 amide bonds. The second-order valence-electron chi connectivity index (χ2n) is 6.82. The number of aromatic nitrogens is 2. The molecule has 0 bridgehead atoms. The Kier molecular flexibility index (Phi) is 4.08. The largest absolute Gasteiger partial charge is 0.355 e. The van der Waals surface area contributed by atoms with Gasteiger partial charge in [-0.15, -0.1) is 0 Å². The van der Waals surface area contributed by atoms with Gasteiger partial charge < -0.3 is 14.7 Å². The van der Waals surface area contributed by atoms with Crippen LogP contribution >= 0.6 is 0 Å². The monoisotopic (exact) mass is 329 g/mol. The van der Waals surface area contributed by atoms with Gasteiger partial charge in [-0.2, -0.15) is 0 Å². The zero-order valence-electron chi connectivity index (χ0n) is 13.8. The van der Waals surface area contributed by atoms with Gasteiger partial charge in [0, 0.05) is 50.9 Å². The number of carbonyl (C=O) groups excluding carboxylic acids is 2. The third kappa shape index (κ3) is 2.72. The van der Waals surface area contributed by atoms with Crippen LogP contribution in [-0.2, 0) is 9.59 Å². The summed E-state index contributed by atoms with van der Waals surface area (Å²) in [6.07, 6.45) is 9.24. The van der Waals surface area contributed by atoms with E-state index in [-0.39, 0.29) is 23.9 Å². The van der Waals surface area contributed by atoms with Gasteiger partial charge in [-0.1, -0.05) is 0 Å². The highest BCUT2D eigenvalue weighted by atomic mass is 16.2. The number of nitrogens with zero attached hydrogens (tertiary/aromatic N) is 5. The summed E-state index contributed by atoms with van der Waals surface area (Å²) in [5.41, 5.74) is 0. The minimum absolute atomic E-state index is 0.0109. The Labute approximate surface area is 141 Å². The molecule has 7 heteroatoms. The number of hydrogen-bond acceptors (Lipinski definition) is 5. The Morgan fingerprint density at radius 2 is 1.92 bits per heavy atom. The van der Waals surface area contributed by atoms with Crippen LogP contribution in [0.15, 0.2) is 18.6 Å². The standard InChI is InChI=1S/C17H23N5O2/c23-16-5-11-22(15-2-1-8-21(15)16)17(24)13-3-9-20(10-4-13)14-12-18-6-7-19-14/h6-7,12-13,15H,1-5,8-11H2. The van der Waals surface area contributed by atoms with Gasteiger partial charge in [-0.3, -0.25) is 14.6 Å². The number of rotatable bonds is 2. The van der Waals surface area contributed by atoms with Crippen molar-refractivity contribution in [1.82, 2.24) is 19.8 Å². The van der Waals surface area contributed by atoms with E-state index in [0.717, 1.165) is 51.1 Å². The molecule has 4 rings (SSSR count). The second kappa shape index (κ2) is 6.37. The highest BCUT2D eigenvalue weighted by Gasteiger charge is 2.41. The molecule has 0 spiro atoms. The Balaban J connectivity index is 1.39. The Morgan fingerprint density at radius 1 is 1.08 bits per heavy atom. The van der Waals surface area contributed by atoms with Crippen molar-refractivity contribution in [1.29, 1.82) is 0 Å². The molecule has 7 nitrogen and oxygen atoms in total. The maximum absolute atomic E-state index is 13.0. The molecule has 24 heavy (non-hydrogen) atoms. The lowest BCUT2D eigenvalue weighted by molar-refractivity contribution is -0.153. The maximum Gasteiger partial charge on any atom is 0.227 e. The van der Waals surface area contributed by atoms with E-state index in [2.05, 4.69) is 14.9 Å². The van der Waals surface area contributed by atoms with Crippen LogP contribution in [0.4, 0.5) is 5.82 Å². The van der Waals surface area contributed by atoms with E-state index in [9.17, 15) is 9.59 Å². The first-order valence-corrected chi connectivity index (χ1v) is 8.85. The van der Waals surface area contributed by atoms with Crippen molar-refractivity contribution >= 4 is 17.6 Å². The Morgan fingerprint density at radius 3 is 2.67 bits per heavy atom. The van der Waals surface area contributed by atoms with Crippen LogP contribution in [0.3, 0.4) is 0 Å². The number of hydrogen-bond donors (Lipinski definition) is 0. The van der Waals surface area contributed by atoms with Gasteiger partial charge in [0.2, 0.25) is 11.8 Å². The average Bonchev–Trinajstić information content (AvgIpc) is 3.13. The van der Waals surface area contributed by atoms with E-state index in [1.807, 2.05) is 9.80 Å². The van der Waals surface area contributed by atoms with Gasteiger partial charge in [-0.25, -0.2) is 4.98 Å². The first-order chi connectivity index (χ1) is 11.7. The fourth-order valence-electron chi connectivity index (χ4n) is 4.17. The van der Waals surface area contributed by atoms with Crippen molar-refractivity contribution in [2.24, 2.45) is 5.92 Å². The molecule has 0 saturated carbocycles. The van der Waals surface area contributed by atoms with Crippen molar-refractivity contribution in [2.45, 2.75) is 38.3 Å². The van der Waals surface area contributed by atoms with E-state index in [4.69, 9.17) is 0 Å². The smallest absolute Gasteiger partial charge is 0.227 e. The zero-order valence-corrected chi connectivity index (χ0v) is 13.8. The van der Waals surface area contributed by atoms with Gasteiger partial charge >= 0.3 is 0 Å². The maximum atomic E-state index is 13.0. The molecule has 3 saturated heterocycles. The van der Waals surface area contributed by atoms with Crippen molar-refractivity contribution in [3.05, 3.63) is 18.6 Å². The van der Waals surface area contributed by atoms with E-state index >= 15 is 0 Å². The normalized spacial score (nSPS) is 25.1. The highest BCUT2D eigenvalue weighted by molar-refractivity contribution is 5.84. The van der Waals surface area contributed by atoms with E-state index in [0.29, 0.717) is 13.0 Å². The van der Waals surface area contributed by atoms with Crippen LogP contribution in [0.1, 0.15) is 32.1 Å². The third-order valence-electron chi connectivity index (χ3n) is 5.47. The van der Waals surface area contributed by atoms with Crippen LogP contribution < -0.4 is 4.90 Å². The molecule has 0 radical (unpaired) electrons. The van der Waals surface area contributed by atoms with Gasteiger partial charge in [0.25, 0.3) is 0 Å². The van der Waals surface area contributed by atoms with Crippen LogP contribution in [0.5, 0.6) is 0 Å². The molecule has 0 N–H and O–H groups in total. The number of piperidine rings is 1. The van der Waals surface area contributed by atoms with Gasteiger partial charge in [0.05, 0.1) is 6.20 Å². The molecule has 3 aliphatic rings. The first-order valence-electron chi connectivity index (χ1n) is 8.85. The summed E-state index contributed by atoms with van der Waals surface area (Å²) < 4.78 is 0. The number of fused-ring (bicyclic) bond motifs is 1. The summed E-state index contributed by atoms with van der Waals surface area (Å²) in [5.74, 6) is 1.39. The molecule has 3 fully saturated rings. The molecule has 0 aromatic carbocycles. The van der Waals surface area contributed by atoms with Crippen LogP contribution in [0.2, 0.25) is 0 Å². The first kappa shape index (κ1) is 15.4. The lowest BCUT2D eigenvalue weighted by atomic mass is 9.94. The molecule has 128 valence electrons. The number of anilines is 1. The molecular formula is C17H23N5O2.